The molecule has 0 saturated heterocycles. The fourth-order valence-electron chi connectivity index (χ4n) is 2.88. The Bertz CT molecular complexity index is 654. The summed E-state index contributed by atoms with van der Waals surface area (Å²) in [5.41, 5.74) is 1.01. The number of carbonyl (C=O) groups is 2. The first kappa shape index (κ1) is 23.7. The normalized spacial score (nSPS) is 10.2. The summed E-state index contributed by atoms with van der Waals surface area (Å²) in [6.45, 7) is 2.16. The molecule has 156 valence electrons. The number of esters is 2. The highest BCUT2D eigenvalue weighted by Crippen LogP contribution is 2.18. The van der Waals surface area contributed by atoms with Gasteiger partial charge in [-0.25, -0.2) is 4.79 Å². The van der Waals surface area contributed by atoms with E-state index in [1.165, 1.54) is 20.6 Å². The van der Waals surface area contributed by atoms with Crippen LogP contribution in [0.3, 0.4) is 0 Å². The third-order valence-electron chi connectivity index (χ3n) is 4.56. The molecule has 0 fully saturated rings. The summed E-state index contributed by atoms with van der Waals surface area (Å²) in [4.78, 5) is 22.9. The fourth-order valence-corrected chi connectivity index (χ4v) is 2.88. The largest absolute Gasteiger partial charge is 0.469 e. The van der Waals surface area contributed by atoms with Gasteiger partial charge in [0.15, 0.2) is 5.69 Å². The highest BCUT2D eigenvalue weighted by Gasteiger charge is 2.21. The van der Waals surface area contributed by atoms with Gasteiger partial charge in [-0.15, -0.1) is 0 Å². The summed E-state index contributed by atoms with van der Waals surface area (Å²) >= 11 is 0. The van der Waals surface area contributed by atoms with Gasteiger partial charge >= 0.3 is 11.9 Å². The molecule has 28 heavy (non-hydrogen) atoms. The van der Waals surface area contributed by atoms with Gasteiger partial charge in [-0.05, 0) is 31.6 Å². The second-order valence-electron chi connectivity index (χ2n) is 6.79. The molecule has 1 aromatic heterocycles. The molecule has 0 bridgehead atoms. The van der Waals surface area contributed by atoms with Crippen LogP contribution < -0.4 is 0 Å². The maximum atomic E-state index is 11.9. The molecule has 1 rings (SSSR count). The number of hydrogen-bond acceptors (Lipinski definition) is 6. The molecule has 0 radical (unpaired) electrons. The lowest BCUT2D eigenvalue weighted by Crippen LogP contribution is -2.05. The Balaban J connectivity index is 2.45. The molecule has 1 aromatic rings. The van der Waals surface area contributed by atoms with E-state index in [-0.39, 0.29) is 11.7 Å². The number of ether oxygens (including phenoxy) is 2. The minimum Gasteiger partial charge on any atom is -0.469 e. The van der Waals surface area contributed by atoms with Crippen LogP contribution in [0.1, 0.15) is 99.4 Å². The maximum absolute atomic E-state index is 11.9. The summed E-state index contributed by atoms with van der Waals surface area (Å²) in [7, 11) is 2.76. The maximum Gasteiger partial charge on any atom is 0.360 e. The Kier molecular flexibility index (Phi) is 12.5. The molecule has 1 heterocycles. The first-order valence-corrected chi connectivity index (χ1v) is 10.3. The average molecular weight is 392 g/mol. The second kappa shape index (κ2) is 14.7. The van der Waals surface area contributed by atoms with Crippen molar-refractivity contribution in [3.8, 4) is 11.8 Å². The van der Waals surface area contributed by atoms with Crippen molar-refractivity contribution in [3.63, 3.8) is 0 Å². The van der Waals surface area contributed by atoms with Gasteiger partial charge in [0, 0.05) is 18.4 Å². The number of carbonyl (C=O) groups excluding carboxylic acids is 2. The predicted molar refractivity (Wildman–Crippen MR) is 107 cm³/mol. The summed E-state index contributed by atoms with van der Waals surface area (Å²) in [5.74, 6) is 6.01. The molecule has 0 atom stereocenters. The highest BCUT2D eigenvalue weighted by molar-refractivity contribution is 5.89. The number of methoxy groups -OCH3 is 2. The van der Waals surface area contributed by atoms with Crippen LogP contribution in [-0.2, 0) is 20.7 Å². The number of aromatic nitrogens is 1. The van der Waals surface area contributed by atoms with Gasteiger partial charge in [-0.3, -0.25) is 4.79 Å². The van der Waals surface area contributed by atoms with Gasteiger partial charge in [0.05, 0.1) is 14.2 Å². The zero-order valence-corrected chi connectivity index (χ0v) is 17.5. The first-order chi connectivity index (χ1) is 13.6. The van der Waals surface area contributed by atoms with Crippen molar-refractivity contribution in [2.24, 2.45) is 0 Å². The molecule has 0 spiro atoms. The van der Waals surface area contributed by atoms with Crippen molar-refractivity contribution in [1.29, 1.82) is 0 Å². The van der Waals surface area contributed by atoms with Crippen molar-refractivity contribution in [2.45, 2.75) is 84.0 Å². The minimum absolute atomic E-state index is 0.144. The topological polar surface area (TPSA) is 78.6 Å². The van der Waals surface area contributed by atoms with Gasteiger partial charge in [0.25, 0.3) is 0 Å². The summed E-state index contributed by atoms with van der Waals surface area (Å²) in [6, 6.07) is 0. The van der Waals surface area contributed by atoms with E-state index in [4.69, 9.17) is 9.26 Å². The number of hydrogen-bond donors (Lipinski definition) is 0. The van der Waals surface area contributed by atoms with Crippen LogP contribution >= 0.6 is 0 Å². The van der Waals surface area contributed by atoms with Crippen molar-refractivity contribution >= 4 is 11.9 Å². The van der Waals surface area contributed by atoms with E-state index in [9.17, 15) is 9.59 Å². The van der Waals surface area contributed by atoms with Crippen molar-refractivity contribution < 1.29 is 23.6 Å². The Morgan fingerprint density at radius 2 is 1.68 bits per heavy atom. The fraction of sp³-hybridized carbons (Fsp3) is 0.682. The Labute approximate surface area is 168 Å². The van der Waals surface area contributed by atoms with Crippen LogP contribution in [0.4, 0.5) is 0 Å². The highest BCUT2D eigenvalue weighted by atomic mass is 16.5. The smallest absolute Gasteiger partial charge is 0.360 e. The molecule has 0 N–H and O–H groups in total. The lowest BCUT2D eigenvalue weighted by Gasteiger charge is -2.01. The van der Waals surface area contributed by atoms with E-state index in [0.717, 1.165) is 69.8 Å². The molecular weight excluding hydrogens is 358 g/mol. The summed E-state index contributed by atoms with van der Waals surface area (Å²) in [6.07, 6.45) is 11.4. The zero-order valence-electron chi connectivity index (χ0n) is 17.5. The third-order valence-corrected chi connectivity index (χ3v) is 4.56. The van der Waals surface area contributed by atoms with Crippen LogP contribution in [0, 0.1) is 11.8 Å². The Morgan fingerprint density at radius 1 is 0.964 bits per heavy atom. The number of unbranched alkanes of at least 4 members (excludes halogenated alkanes) is 8. The van der Waals surface area contributed by atoms with Crippen LogP contribution in [0.25, 0.3) is 0 Å². The van der Waals surface area contributed by atoms with E-state index < -0.39 is 5.97 Å². The molecule has 0 aliphatic carbocycles. The van der Waals surface area contributed by atoms with Crippen molar-refractivity contribution in [3.05, 3.63) is 17.0 Å². The minimum atomic E-state index is -0.478. The van der Waals surface area contributed by atoms with Gasteiger partial charge in [-0.2, -0.15) is 0 Å². The molecule has 0 aromatic carbocycles. The van der Waals surface area contributed by atoms with Gasteiger partial charge < -0.3 is 14.0 Å². The van der Waals surface area contributed by atoms with E-state index in [1.807, 2.05) is 0 Å². The van der Waals surface area contributed by atoms with Gasteiger partial charge in [-0.1, -0.05) is 56.5 Å². The van der Waals surface area contributed by atoms with E-state index in [1.54, 1.807) is 0 Å². The summed E-state index contributed by atoms with van der Waals surface area (Å²) in [5, 5.41) is 3.87. The van der Waals surface area contributed by atoms with Gasteiger partial charge in [0.1, 0.15) is 0 Å². The molecule has 0 aliphatic rings. The third kappa shape index (κ3) is 9.07. The molecule has 0 saturated carbocycles. The second-order valence-corrected chi connectivity index (χ2v) is 6.79. The van der Waals surface area contributed by atoms with Crippen LogP contribution in [0.2, 0.25) is 0 Å². The van der Waals surface area contributed by atoms with Crippen LogP contribution in [0.15, 0.2) is 4.52 Å². The monoisotopic (exact) mass is 391 g/mol. The standard InChI is InChI=1S/C22H33NO5/c1-4-5-6-12-15-18-19(28-23-21(18)22(25)27-3)16-13-10-8-7-9-11-14-17-20(24)26-2/h4-12,14-15,17H2,1-3H3. The molecular formula is C22H33NO5. The van der Waals surface area contributed by atoms with E-state index in [0.29, 0.717) is 12.2 Å². The molecule has 0 amide bonds. The molecule has 0 aliphatic heterocycles. The lowest BCUT2D eigenvalue weighted by atomic mass is 10.0. The number of rotatable bonds is 13. The Hall–Kier alpha value is -2.29. The average Bonchev–Trinajstić information content (AvgIpc) is 3.11. The Morgan fingerprint density at radius 3 is 2.39 bits per heavy atom. The summed E-state index contributed by atoms with van der Waals surface area (Å²) < 4.78 is 14.7. The van der Waals surface area contributed by atoms with Crippen LogP contribution in [-0.4, -0.2) is 31.3 Å². The number of nitrogens with zero attached hydrogens (tertiary/aromatic N) is 1. The zero-order chi connectivity index (χ0) is 20.6. The SMILES string of the molecule is CCCCCCc1c(C(=O)OC)noc1C#CCCCCCCCC(=O)OC. The predicted octanol–water partition coefficient (Wildman–Crippen LogP) is 4.84. The lowest BCUT2D eigenvalue weighted by molar-refractivity contribution is -0.140. The quantitative estimate of drug-likeness (QED) is 0.272. The van der Waals surface area contributed by atoms with Gasteiger partial charge in [0.2, 0.25) is 5.76 Å². The van der Waals surface area contributed by atoms with Crippen molar-refractivity contribution in [1.82, 2.24) is 5.16 Å². The molecule has 0 unspecified atom stereocenters. The molecule has 6 heteroatoms. The first-order valence-electron chi connectivity index (χ1n) is 10.3. The van der Waals surface area contributed by atoms with Crippen LogP contribution in [0.5, 0.6) is 0 Å². The molecule has 6 nitrogen and oxygen atoms in total. The van der Waals surface area contributed by atoms with E-state index >= 15 is 0 Å². The van der Waals surface area contributed by atoms with Crippen molar-refractivity contribution in [2.75, 3.05) is 14.2 Å². The van der Waals surface area contributed by atoms with E-state index in [2.05, 4.69) is 28.7 Å².